The van der Waals surface area contributed by atoms with Crippen LogP contribution in [-0.4, -0.2) is 37.9 Å². The molecule has 1 aliphatic heterocycles. The molecule has 0 aromatic carbocycles. The third kappa shape index (κ3) is 3.59. The van der Waals surface area contributed by atoms with E-state index in [0.717, 1.165) is 42.7 Å². The zero-order chi connectivity index (χ0) is 18.1. The normalized spacial score (nSPS) is 17.9. The molecule has 4 heterocycles. The summed E-state index contributed by atoms with van der Waals surface area (Å²) in [5, 5.41) is 16.6. The first-order valence-corrected chi connectivity index (χ1v) is 10.0. The van der Waals surface area contributed by atoms with E-state index in [0.29, 0.717) is 5.92 Å². The van der Waals surface area contributed by atoms with Crippen molar-refractivity contribution in [1.29, 1.82) is 0 Å². The molecule has 140 valence electrons. The van der Waals surface area contributed by atoms with Crippen molar-refractivity contribution in [2.24, 2.45) is 0 Å². The molecule has 0 atom stereocenters. The standard InChI is InChI=1S/C20H25N7/c1-2-4-12-26(11-3-1)19-13-15(9-10-21-19)14-22-17-7-8-18-23-24-20(16-5-6-16)27(18)25-17/h7-10,13,16H,1-6,11-12,14H2,(H,22,25). The van der Waals surface area contributed by atoms with Gasteiger partial charge < -0.3 is 10.2 Å². The average Bonchev–Trinajstić information content (AvgIpc) is 3.51. The largest absolute Gasteiger partial charge is 0.365 e. The first-order valence-electron chi connectivity index (χ1n) is 10.0. The minimum absolute atomic E-state index is 0.527. The van der Waals surface area contributed by atoms with Crippen LogP contribution in [0.4, 0.5) is 11.6 Å². The molecular formula is C20H25N7. The second kappa shape index (κ2) is 7.13. The van der Waals surface area contributed by atoms with Crippen molar-refractivity contribution in [3.8, 4) is 0 Å². The highest BCUT2D eigenvalue weighted by Gasteiger charge is 2.29. The summed E-state index contributed by atoms with van der Waals surface area (Å²) in [6.07, 6.45) is 9.48. The topological polar surface area (TPSA) is 71.2 Å². The van der Waals surface area contributed by atoms with E-state index in [2.05, 4.69) is 37.5 Å². The Bertz CT molecular complexity index is 923. The summed E-state index contributed by atoms with van der Waals surface area (Å²) in [5.41, 5.74) is 2.03. The van der Waals surface area contributed by atoms with Crippen LogP contribution in [-0.2, 0) is 6.54 Å². The molecule has 0 bridgehead atoms. The van der Waals surface area contributed by atoms with E-state index in [9.17, 15) is 0 Å². The lowest BCUT2D eigenvalue weighted by atomic mass is 10.2. The van der Waals surface area contributed by atoms with Crippen LogP contribution in [0.1, 0.15) is 55.8 Å². The van der Waals surface area contributed by atoms with E-state index < -0.39 is 0 Å². The van der Waals surface area contributed by atoms with E-state index in [1.165, 1.54) is 44.1 Å². The van der Waals surface area contributed by atoms with Crippen LogP contribution in [0, 0.1) is 0 Å². The third-order valence-electron chi connectivity index (χ3n) is 5.44. The number of anilines is 2. The van der Waals surface area contributed by atoms with Crippen molar-refractivity contribution in [3.05, 3.63) is 41.9 Å². The molecule has 2 fully saturated rings. The van der Waals surface area contributed by atoms with E-state index in [1.54, 1.807) is 0 Å². The molecule has 3 aromatic heterocycles. The van der Waals surface area contributed by atoms with Gasteiger partial charge in [-0.3, -0.25) is 0 Å². The summed E-state index contributed by atoms with van der Waals surface area (Å²) in [5.74, 6) is 3.45. The van der Waals surface area contributed by atoms with Crippen LogP contribution in [0.3, 0.4) is 0 Å². The molecule has 0 unspecified atom stereocenters. The quantitative estimate of drug-likeness (QED) is 0.749. The zero-order valence-corrected chi connectivity index (χ0v) is 15.5. The van der Waals surface area contributed by atoms with E-state index in [-0.39, 0.29) is 0 Å². The molecule has 7 nitrogen and oxygen atoms in total. The molecule has 5 rings (SSSR count). The van der Waals surface area contributed by atoms with Crippen LogP contribution in [0.2, 0.25) is 0 Å². The smallest absolute Gasteiger partial charge is 0.178 e. The lowest BCUT2D eigenvalue weighted by Gasteiger charge is -2.21. The number of pyridine rings is 1. The number of nitrogens with one attached hydrogen (secondary N) is 1. The van der Waals surface area contributed by atoms with Crippen molar-refractivity contribution in [1.82, 2.24) is 24.8 Å². The van der Waals surface area contributed by atoms with Crippen LogP contribution in [0.5, 0.6) is 0 Å². The third-order valence-corrected chi connectivity index (χ3v) is 5.44. The van der Waals surface area contributed by atoms with Gasteiger partial charge in [0.25, 0.3) is 0 Å². The van der Waals surface area contributed by atoms with Crippen molar-refractivity contribution < 1.29 is 0 Å². The Morgan fingerprint density at radius 2 is 1.85 bits per heavy atom. The fourth-order valence-electron chi connectivity index (χ4n) is 3.73. The molecule has 0 radical (unpaired) electrons. The Balaban J connectivity index is 1.30. The van der Waals surface area contributed by atoms with E-state index in [4.69, 9.17) is 5.10 Å². The Kier molecular flexibility index (Phi) is 4.35. The summed E-state index contributed by atoms with van der Waals surface area (Å²) in [4.78, 5) is 7.01. The SMILES string of the molecule is c1cc(CNc2ccc3nnc(C4CC4)n3n2)cc(N2CCCCCC2)n1. The number of nitrogens with zero attached hydrogens (tertiary/aromatic N) is 6. The van der Waals surface area contributed by atoms with Gasteiger partial charge in [-0.1, -0.05) is 12.8 Å². The van der Waals surface area contributed by atoms with Gasteiger partial charge in [-0.15, -0.1) is 15.3 Å². The van der Waals surface area contributed by atoms with Crippen LogP contribution in [0.25, 0.3) is 5.65 Å². The van der Waals surface area contributed by atoms with Crippen molar-refractivity contribution in [3.63, 3.8) is 0 Å². The average molecular weight is 363 g/mol. The fraction of sp³-hybridized carbons (Fsp3) is 0.500. The summed E-state index contributed by atoms with van der Waals surface area (Å²) < 4.78 is 1.88. The maximum atomic E-state index is 4.69. The molecule has 1 saturated carbocycles. The summed E-state index contributed by atoms with van der Waals surface area (Å²) >= 11 is 0. The number of hydrogen-bond acceptors (Lipinski definition) is 6. The summed E-state index contributed by atoms with van der Waals surface area (Å²) in [6.45, 7) is 2.95. The summed E-state index contributed by atoms with van der Waals surface area (Å²) in [7, 11) is 0. The van der Waals surface area contributed by atoms with Gasteiger partial charge in [-0.05, 0) is 55.5 Å². The lowest BCUT2D eigenvalue weighted by Crippen LogP contribution is -2.25. The van der Waals surface area contributed by atoms with Crippen molar-refractivity contribution >= 4 is 17.3 Å². The summed E-state index contributed by atoms with van der Waals surface area (Å²) in [6, 6.07) is 8.22. The number of aromatic nitrogens is 5. The van der Waals surface area contributed by atoms with Crippen LogP contribution in [0.15, 0.2) is 30.5 Å². The number of hydrogen-bond donors (Lipinski definition) is 1. The molecule has 0 amide bonds. The maximum Gasteiger partial charge on any atom is 0.178 e. The monoisotopic (exact) mass is 363 g/mol. The van der Waals surface area contributed by atoms with Gasteiger partial charge in [0.1, 0.15) is 11.6 Å². The Labute approximate surface area is 158 Å². The molecule has 1 aliphatic carbocycles. The first kappa shape index (κ1) is 16.5. The van der Waals surface area contributed by atoms with Gasteiger partial charge in [0.2, 0.25) is 0 Å². The number of rotatable bonds is 5. The minimum atomic E-state index is 0.527. The predicted octanol–water partition coefficient (Wildman–Crippen LogP) is 3.39. The minimum Gasteiger partial charge on any atom is -0.365 e. The Morgan fingerprint density at radius 3 is 2.67 bits per heavy atom. The van der Waals surface area contributed by atoms with Gasteiger partial charge in [0, 0.05) is 31.7 Å². The van der Waals surface area contributed by atoms with E-state index in [1.807, 2.05) is 22.8 Å². The van der Waals surface area contributed by atoms with Gasteiger partial charge >= 0.3 is 0 Å². The molecule has 2 aliphatic rings. The van der Waals surface area contributed by atoms with Crippen LogP contribution < -0.4 is 10.2 Å². The molecular weight excluding hydrogens is 338 g/mol. The van der Waals surface area contributed by atoms with E-state index >= 15 is 0 Å². The van der Waals surface area contributed by atoms with Gasteiger partial charge in [-0.25, -0.2) is 4.98 Å². The highest BCUT2D eigenvalue weighted by molar-refractivity contribution is 5.46. The van der Waals surface area contributed by atoms with Crippen molar-refractivity contribution in [2.75, 3.05) is 23.3 Å². The maximum absolute atomic E-state index is 4.69. The first-order chi connectivity index (χ1) is 13.4. The van der Waals surface area contributed by atoms with Gasteiger partial charge in [0.05, 0.1) is 0 Å². The predicted molar refractivity (Wildman–Crippen MR) is 105 cm³/mol. The number of fused-ring (bicyclic) bond motifs is 1. The molecule has 1 saturated heterocycles. The molecule has 0 spiro atoms. The lowest BCUT2D eigenvalue weighted by molar-refractivity contribution is 0.726. The highest BCUT2D eigenvalue weighted by Crippen LogP contribution is 2.38. The molecule has 1 N–H and O–H groups in total. The second-order valence-electron chi connectivity index (χ2n) is 7.60. The van der Waals surface area contributed by atoms with Gasteiger partial charge in [0.15, 0.2) is 11.5 Å². The molecule has 3 aromatic rings. The zero-order valence-electron chi connectivity index (χ0n) is 15.5. The Morgan fingerprint density at radius 1 is 1.00 bits per heavy atom. The highest BCUT2D eigenvalue weighted by atomic mass is 15.4. The fourth-order valence-corrected chi connectivity index (χ4v) is 3.73. The second-order valence-corrected chi connectivity index (χ2v) is 7.60. The van der Waals surface area contributed by atoms with Crippen LogP contribution >= 0.6 is 0 Å². The van der Waals surface area contributed by atoms with Crippen molar-refractivity contribution in [2.45, 2.75) is 51.0 Å². The molecule has 7 heteroatoms. The molecule has 27 heavy (non-hydrogen) atoms. The Hall–Kier alpha value is -2.70. The van der Waals surface area contributed by atoms with Gasteiger partial charge in [-0.2, -0.15) is 4.52 Å².